The highest BCUT2D eigenvalue weighted by Crippen LogP contribution is 2.46. The first kappa shape index (κ1) is 17.3. The van der Waals surface area contributed by atoms with Gasteiger partial charge in [0.15, 0.2) is 0 Å². The van der Waals surface area contributed by atoms with Gasteiger partial charge in [0.1, 0.15) is 5.60 Å². The zero-order chi connectivity index (χ0) is 18.2. The average Bonchev–Trinajstić information content (AvgIpc) is 2.82. The summed E-state index contributed by atoms with van der Waals surface area (Å²) in [6.45, 7) is 4.23. The number of ether oxygens (including phenoxy) is 2. The van der Waals surface area contributed by atoms with E-state index in [0.717, 1.165) is 0 Å². The standard InChI is InChI=1S/C17H20N2O6/c1-16(2)10-17(7-8-24-16)13(9-14(20)25-17)15(21)18-11-3-5-12(6-4-11)19(22)23/h3-6,13H,7-10H2,1-2H3,(H,18,21)/t13-,17+/m0/s1. The fourth-order valence-corrected chi connectivity index (χ4v) is 3.66. The molecule has 1 amide bonds. The molecule has 0 unspecified atom stereocenters. The molecule has 0 bridgehead atoms. The lowest BCUT2D eigenvalue weighted by Gasteiger charge is -2.43. The maximum absolute atomic E-state index is 12.7. The van der Waals surface area contributed by atoms with E-state index in [2.05, 4.69) is 5.32 Å². The number of nitro groups is 1. The van der Waals surface area contributed by atoms with Gasteiger partial charge < -0.3 is 14.8 Å². The van der Waals surface area contributed by atoms with Gasteiger partial charge in [0.2, 0.25) is 5.91 Å². The second-order valence-corrected chi connectivity index (χ2v) is 7.12. The fraction of sp³-hybridized carbons (Fsp3) is 0.529. The van der Waals surface area contributed by atoms with Gasteiger partial charge in [0, 0.05) is 30.7 Å². The van der Waals surface area contributed by atoms with Gasteiger partial charge in [-0.3, -0.25) is 19.7 Å². The van der Waals surface area contributed by atoms with Crippen LogP contribution in [0.1, 0.15) is 33.1 Å². The number of nitrogens with one attached hydrogen (secondary N) is 1. The predicted octanol–water partition coefficient (Wildman–Crippen LogP) is 2.42. The lowest BCUT2D eigenvalue weighted by Crippen LogP contribution is -2.52. The number of non-ortho nitro benzene ring substituents is 1. The maximum atomic E-state index is 12.7. The van der Waals surface area contributed by atoms with Gasteiger partial charge in [0.25, 0.3) is 5.69 Å². The third-order valence-electron chi connectivity index (χ3n) is 4.73. The van der Waals surface area contributed by atoms with Crippen molar-refractivity contribution in [2.45, 2.75) is 44.3 Å². The first-order valence-electron chi connectivity index (χ1n) is 8.12. The molecule has 1 N–H and O–H groups in total. The number of hydrogen-bond acceptors (Lipinski definition) is 6. The Labute approximate surface area is 144 Å². The number of carbonyl (C=O) groups excluding carboxylic acids is 2. The van der Waals surface area contributed by atoms with Gasteiger partial charge in [0.05, 0.1) is 29.5 Å². The number of hydrogen-bond donors (Lipinski definition) is 1. The summed E-state index contributed by atoms with van der Waals surface area (Å²) in [5, 5.41) is 13.4. The van der Waals surface area contributed by atoms with Gasteiger partial charge in [-0.15, -0.1) is 0 Å². The van der Waals surface area contributed by atoms with Gasteiger partial charge >= 0.3 is 5.97 Å². The molecule has 0 radical (unpaired) electrons. The summed E-state index contributed by atoms with van der Waals surface area (Å²) in [6.07, 6.45) is 0.944. The normalized spacial score (nSPS) is 27.8. The van der Waals surface area contributed by atoms with E-state index < -0.39 is 22.0 Å². The third-order valence-corrected chi connectivity index (χ3v) is 4.73. The number of nitro benzene ring substituents is 1. The van der Waals surface area contributed by atoms with Crippen LogP contribution in [-0.4, -0.2) is 34.6 Å². The van der Waals surface area contributed by atoms with Crippen LogP contribution in [0.3, 0.4) is 0 Å². The highest BCUT2D eigenvalue weighted by atomic mass is 16.6. The summed E-state index contributed by atoms with van der Waals surface area (Å²) in [7, 11) is 0. The molecule has 0 saturated carbocycles. The van der Waals surface area contributed by atoms with Crippen LogP contribution < -0.4 is 5.32 Å². The first-order chi connectivity index (χ1) is 11.7. The van der Waals surface area contributed by atoms with Crippen LogP contribution in [0.5, 0.6) is 0 Å². The number of benzene rings is 1. The van der Waals surface area contributed by atoms with E-state index in [1.165, 1.54) is 24.3 Å². The van der Waals surface area contributed by atoms with Crippen LogP contribution in [-0.2, 0) is 19.1 Å². The Morgan fingerprint density at radius 2 is 2.00 bits per heavy atom. The Kier molecular flexibility index (Phi) is 4.24. The number of amides is 1. The first-order valence-corrected chi connectivity index (χ1v) is 8.12. The molecular formula is C17H20N2O6. The largest absolute Gasteiger partial charge is 0.458 e. The number of nitrogens with zero attached hydrogens (tertiary/aromatic N) is 1. The van der Waals surface area contributed by atoms with E-state index in [9.17, 15) is 19.7 Å². The Morgan fingerprint density at radius 3 is 2.60 bits per heavy atom. The number of esters is 1. The molecule has 25 heavy (non-hydrogen) atoms. The van der Waals surface area contributed by atoms with Gasteiger partial charge in [-0.05, 0) is 26.0 Å². The molecule has 134 valence electrons. The summed E-state index contributed by atoms with van der Waals surface area (Å²) in [5.41, 5.74) is -0.949. The third kappa shape index (κ3) is 3.48. The molecule has 8 heteroatoms. The molecule has 8 nitrogen and oxygen atoms in total. The van der Waals surface area contributed by atoms with Crippen molar-refractivity contribution >= 4 is 23.3 Å². The maximum Gasteiger partial charge on any atom is 0.307 e. The van der Waals surface area contributed by atoms with Crippen molar-refractivity contribution in [1.29, 1.82) is 0 Å². The van der Waals surface area contributed by atoms with Crippen molar-refractivity contribution in [3.05, 3.63) is 34.4 Å². The van der Waals surface area contributed by atoms with Crippen LogP contribution in [0, 0.1) is 16.0 Å². The van der Waals surface area contributed by atoms with Crippen LogP contribution in [0.4, 0.5) is 11.4 Å². The molecule has 0 aliphatic carbocycles. The van der Waals surface area contributed by atoms with Gasteiger partial charge in [-0.1, -0.05) is 0 Å². The molecule has 2 fully saturated rings. The number of rotatable bonds is 3. The highest BCUT2D eigenvalue weighted by molar-refractivity contribution is 5.97. The predicted molar refractivity (Wildman–Crippen MR) is 87.9 cm³/mol. The van der Waals surface area contributed by atoms with E-state index in [1.54, 1.807) is 0 Å². The van der Waals surface area contributed by atoms with Gasteiger partial charge in [-0.2, -0.15) is 0 Å². The lowest BCUT2D eigenvalue weighted by atomic mass is 9.75. The molecule has 2 atom stereocenters. The summed E-state index contributed by atoms with van der Waals surface area (Å²) in [5.74, 6) is -1.32. The van der Waals surface area contributed by atoms with Crippen molar-refractivity contribution in [1.82, 2.24) is 0 Å². The monoisotopic (exact) mass is 348 g/mol. The second-order valence-electron chi connectivity index (χ2n) is 7.12. The molecule has 3 rings (SSSR count). The van der Waals surface area contributed by atoms with Crippen LogP contribution >= 0.6 is 0 Å². The summed E-state index contributed by atoms with van der Waals surface area (Å²) >= 11 is 0. The highest BCUT2D eigenvalue weighted by Gasteiger charge is 2.56. The van der Waals surface area contributed by atoms with E-state index in [-0.39, 0.29) is 24.0 Å². The molecule has 2 heterocycles. The second kappa shape index (κ2) is 6.11. The Hall–Kier alpha value is -2.48. The minimum atomic E-state index is -0.857. The SMILES string of the molecule is CC1(C)C[C@@]2(CCO1)OC(=O)C[C@H]2C(=O)Nc1ccc([N+](=O)[O-])cc1. The molecule has 0 aromatic heterocycles. The van der Waals surface area contributed by atoms with Crippen LogP contribution in [0.25, 0.3) is 0 Å². The van der Waals surface area contributed by atoms with Crippen LogP contribution in [0.15, 0.2) is 24.3 Å². The lowest BCUT2D eigenvalue weighted by molar-refractivity contribution is -0.384. The topological polar surface area (TPSA) is 108 Å². The molecular weight excluding hydrogens is 328 g/mol. The van der Waals surface area contributed by atoms with Crippen molar-refractivity contribution in [2.75, 3.05) is 11.9 Å². The van der Waals surface area contributed by atoms with Crippen molar-refractivity contribution in [3.63, 3.8) is 0 Å². The zero-order valence-electron chi connectivity index (χ0n) is 14.1. The quantitative estimate of drug-likeness (QED) is 0.510. The van der Waals surface area contributed by atoms with Crippen molar-refractivity contribution < 1.29 is 24.0 Å². The Morgan fingerprint density at radius 1 is 1.32 bits per heavy atom. The average molecular weight is 348 g/mol. The van der Waals surface area contributed by atoms with Crippen LogP contribution in [0.2, 0.25) is 0 Å². The van der Waals surface area contributed by atoms with E-state index >= 15 is 0 Å². The summed E-state index contributed by atoms with van der Waals surface area (Å²) in [6, 6.07) is 5.57. The van der Waals surface area contributed by atoms with Crippen molar-refractivity contribution in [3.8, 4) is 0 Å². The van der Waals surface area contributed by atoms with E-state index in [4.69, 9.17) is 9.47 Å². The molecule has 1 aromatic carbocycles. The molecule has 2 aliphatic heterocycles. The Bertz CT molecular complexity index is 714. The minimum absolute atomic E-state index is 0.0227. The Balaban J connectivity index is 1.78. The number of anilines is 1. The molecule has 2 aliphatic rings. The molecule has 1 aromatic rings. The zero-order valence-corrected chi connectivity index (χ0v) is 14.1. The van der Waals surface area contributed by atoms with Gasteiger partial charge in [-0.25, -0.2) is 0 Å². The number of carbonyl (C=O) groups is 2. The van der Waals surface area contributed by atoms with Crippen molar-refractivity contribution in [2.24, 2.45) is 5.92 Å². The molecule has 1 spiro atoms. The van der Waals surface area contributed by atoms with E-state index in [1.807, 2.05) is 13.8 Å². The minimum Gasteiger partial charge on any atom is -0.458 e. The molecule has 2 saturated heterocycles. The summed E-state index contributed by atoms with van der Waals surface area (Å²) in [4.78, 5) is 34.8. The van der Waals surface area contributed by atoms with E-state index in [0.29, 0.717) is 25.1 Å². The summed E-state index contributed by atoms with van der Waals surface area (Å²) < 4.78 is 11.3. The fourth-order valence-electron chi connectivity index (χ4n) is 3.66. The smallest absolute Gasteiger partial charge is 0.307 e.